The summed E-state index contributed by atoms with van der Waals surface area (Å²) in [7, 11) is 0. The number of hydrogen-bond acceptors (Lipinski definition) is 2. The number of aromatic carboxylic acids is 1. The van der Waals surface area contributed by atoms with E-state index in [0.717, 1.165) is 27.9 Å². The van der Waals surface area contributed by atoms with E-state index in [0.29, 0.717) is 11.6 Å². The standard InChI is InChI=1S/C19H17ClN2O2/c1-12-3-7-15(8-4-12)18-10-17(19(23)24)21-22(18)11-14-6-5-13(2)16(20)9-14/h3-10H,11H2,1-2H3,(H,23,24). The second-order valence-electron chi connectivity index (χ2n) is 5.83. The van der Waals surface area contributed by atoms with E-state index < -0.39 is 5.97 Å². The molecule has 0 atom stereocenters. The van der Waals surface area contributed by atoms with Gasteiger partial charge < -0.3 is 5.11 Å². The molecule has 3 rings (SSSR count). The minimum Gasteiger partial charge on any atom is -0.476 e. The summed E-state index contributed by atoms with van der Waals surface area (Å²) in [6.45, 7) is 4.41. The number of rotatable bonds is 4. The van der Waals surface area contributed by atoms with Crippen molar-refractivity contribution in [3.63, 3.8) is 0 Å². The fourth-order valence-corrected chi connectivity index (χ4v) is 2.71. The largest absolute Gasteiger partial charge is 0.476 e. The van der Waals surface area contributed by atoms with Crippen molar-refractivity contribution < 1.29 is 9.90 Å². The minimum absolute atomic E-state index is 0.0313. The lowest BCUT2D eigenvalue weighted by atomic mass is 10.1. The molecule has 0 aliphatic rings. The molecule has 4 nitrogen and oxygen atoms in total. The maximum absolute atomic E-state index is 11.3. The average molecular weight is 341 g/mol. The molecular weight excluding hydrogens is 324 g/mol. The number of hydrogen-bond donors (Lipinski definition) is 1. The molecule has 0 unspecified atom stereocenters. The van der Waals surface area contributed by atoms with Gasteiger partial charge in [0.05, 0.1) is 12.2 Å². The van der Waals surface area contributed by atoms with Gasteiger partial charge in [-0.2, -0.15) is 5.10 Å². The molecule has 2 aromatic carbocycles. The molecule has 0 radical (unpaired) electrons. The molecule has 3 aromatic rings. The van der Waals surface area contributed by atoms with Gasteiger partial charge in [0, 0.05) is 5.02 Å². The van der Waals surface area contributed by atoms with Crippen LogP contribution in [0.3, 0.4) is 0 Å². The van der Waals surface area contributed by atoms with Crippen LogP contribution in [0.5, 0.6) is 0 Å². The topological polar surface area (TPSA) is 55.1 Å². The van der Waals surface area contributed by atoms with Gasteiger partial charge in [0.2, 0.25) is 0 Å². The van der Waals surface area contributed by atoms with Gasteiger partial charge in [0.1, 0.15) is 0 Å². The highest BCUT2D eigenvalue weighted by Gasteiger charge is 2.15. The Morgan fingerprint density at radius 1 is 1.12 bits per heavy atom. The lowest BCUT2D eigenvalue weighted by Gasteiger charge is -2.09. The van der Waals surface area contributed by atoms with E-state index in [4.69, 9.17) is 11.6 Å². The van der Waals surface area contributed by atoms with Crippen LogP contribution in [0, 0.1) is 13.8 Å². The number of carboxylic acid groups (broad SMARTS) is 1. The van der Waals surface area contributed by atoms with Crippen molar-refractivity contribution in [1.29, 1.82) is 0 Å². The number of carbonyl (C=O) groups is 1. The highest BCUT2D eigenvalue weighted by atomic mass is 35.5. The summed E-state index contributed by atoms with van der Waals surface area (Å²) in [6, 6.07) is 15.3. The number of nitrogens with zero attached hydrogens (tertiary/aromatic N) is 2. The molecule has 1 N–H and O–H groups in total. The Bertz CT molecular complexity index is 898. The molecule has 0 bridgehead atoms. The first-order chi connectivity index (χ1) is 11.4. The zero-order valence-electron chi connectivity index (χ0n) is 13.5. The SMILES string of the molecule is Cc1ccc(-c2cc(C(=O)O)nn2Cc2ccc(C)c(Cl)c2)cc1. The van der Waals surface area contributed by atoms with E-state index in [1.54, 1.807) is 10.7 Å². The van der Waals surface area contributed by atoms with Crippen LogP contribution in [-0.2, 0) is 6.54 Å². The monoisotopic (exact) mass is 340 g/mol. The van der Waals surface area contributed by atoms with Crippen LogP contribution in [-0.4, -0.2) is 20.9 Å². The van der Waals surface area contributed by atoms with E-state index in [-0.39, 0.29) is 5.69 Å². The summed E-state index contributed by atoms with van der Waals surface area (Å²) in [5.41, 5.74) is 4.85. The maximum atomic E-state index is 11.3. The summed E-state index contributed by atoms with van der Waals surface area (Å²) in [6.07, 6.45) is 0. The molecule has 0 amide bonds. The molecule has 0 aliphatic carbocycles. The van der Waals surface area contributed by atoms with Crippen LogP contribution in [0.25, 0.3) is 11.3 Å². The smallest absolute Gasteiger partial charge is 0.356 e. The Morgan fingerprint density at radius 2 is 1.83 bits per heavy atom. The van der Waals surface area contributed by atoms with Crippen molar-refractivity contribution in [2.24, 2.45) is 0 Å². The van der Waals surface area contributed by atoms with Crippen molar-refractivity contribution in [2.45, 2.75) is 20.4 Å². The second-order valence-corrected chi connectivity index (χ2v) is 6.23. The van der Waals surface area contributed by atoms with E-state index in [1.807, 2.05) is 56.3 Å². The van der Waals surface area contributed by atoms with Crippen molar-refractivity contribution in [1.82, 2.24) is 9.78 Å². The van der Waals surface area contributed by atoms with Crippen LogP contribution >= 0.6 is 11.6 Å². The Morgan fingerprint density at radius 3 is 2.46 bits per heavy atom. The van der Waals surface area contributed by atoms with Gasteiger partial charge in [-0.3, -0.25) is 4.68 Å². The molecule has 122 valence electrons. The molecule has 0 saturated carbocycles. The minimum atomic E-state index is -1.04. The first kappa shape index (κ1) is 16.3. The van der Waals surface area contributed by atoms with Crippen LogP contribution in [0.2, 0.25) is 5.02 Å². The molecule has 1 heterocycles. The van der Waals surface area contributed by atoms with E-state index in [1.165, 1.54) is 0 Å². The van der Waals surface area contributed by atoms with Crippen molar-refractivity contribution in [3.05, 3.63) is 75.9 Å². The zero-order valence-corrected chi connectivity index (χ0v) is 14.2. The molecule has 0 fully saturated rings. The van der Waals surface area contributed by atoms with Gasteiger partial charge >= 0.3 is 5.97 Å². The normalized spacial score (nSPS) is 10.8. The van der Waals surface area contributed by atoms with Crippen molar-refractivity contribution in [2.75, 3.05) is 0 Å². The van der Waals surface area contributed by atoms with E-state index >= 15 is 0 Å². The predicted molar refractivity (Wildman–Crippen MR) is 94.7 cm³/mol. The van der Waals surface area contributed by atoms with E-state index in [9.17, 15) is 9.90 Å². The number of carboxylic acids is 1. The number of halogens is 1. The van der Waals surface area contributed by atoms with Gasteiger partial charge in [-0.05, 0) is 42.7 Å². The first-order valence-electron chi connectivity index (χ1n) is 7.57. The lowest BCUT2D eigenvalue weighted by Crippen LogP contribution is -2.06. The summed E-state index contributed by atoms with van der Waals surface area (Å²) in [5.74, 6) is -1.04. The maximum Gasteiger partial charge on any atom is 0.356 e. The molecule has 0 spiro atoms. The van der Waals surface area contributed by atoms with Gasteiger partial charge in [-0.1, -0.05) is 53.6 Å². The Balaban J connectivity index is 2.03. The zero-order chi connectivity index (χ0) is 17.3. The van der Waals surface area contributed by atoms with Crippen LogP contribution < -0.4 is 0 Å². The number of aromatic nitrogens is 2. The molecule has 24 heavy (non-hydrogen) atoms. The highest BCUT2D eigenvalue weighted by molar-refractivity contribution is 6.31. The fourth-order valence-electron chi connectivity index (χ4n) is 2.51. The summed E-state index contributed by atoms with van der Waals surface area (Å²) >= 11 is 6.19. The third kappa shape index (κ3) is 3.34. The van der Waals surface area contributed by atoms with E-state index in [2.05, 4.69) is 5.10 Å². The fraction of sp³-hybridized carbons (Fsp3) is 0.158. The first-order valence-corrected chi connectivity index (χ1v) is 7.95. The van der Waals surface area contributed by atoms with Gasteiger partial charge in [-0.15, -0.1) is 0 Å². The van der Waals surface area contributed by atoms with Crippen LogP contribution in [0.4, 0.5) is 0 Å². The molecule has 1 aromatic heterocycles. The third-order valence-corrected chi connectivity index (χ3v) is 4.32. The van der Waals surface area contributed by atoms with Crippen molar-refractivity contribution in [3.8, 4) is 11.3 Å². The van der Waals surface area contributed by atoms with Crippen molar-refractivity contribution >= 4 is 17.6 Å². The van der Waals surface area contributed by atoms with Gasteiger partial charge in [0.25, 0.3) is 0 Å². The molecular formula is C19H17ClN2O2. The third-order valence-electron chi connectivity index (χ3n) is 3.92. The number of aryl methyl sites for hydroxylation is 2. The Kier molecular flexibility index (Phi) is 4.40. The quantitative estimate of drug-likeness (QED) is 0.757. The summed E-state index contributed by atoms with van der Waals surface area (Å²) in [4.78, 5) is 11.3. The molecule has 0 saturated heterocycles. The Hall–Kier alpha value is -2.59. The Labute approximate surface area is 145 Å². The van der Waals surface area contributed by atoms with Gasteiger partial charge in [0.15, 0.2) is 5.69 Å². The summed E-state index contributed by atoms with van der Waals surface area (Å²) < 4.78 is 1.70. The average Bonchev–Trinajstić information content (AvgIpc) is 2.96. The lowest BCUT2D eigenvalue weighted by molar-refractivity contribution is 0.0689. The highest BCUT2D eigenvalue weighted by Crippen LogP contribution is 2.24. The molecule has 5 heteroatoms. The predicted octanol–water partition coefficient (Wildman–Crippen LogP) is 4.57. The van der Waals surface area contributed by atoms with Gasteiger partial charge in [-0.25, -0.2) is 4.79 Å². The van der Waals surface area contributed by atoms with Crippen LogP contribution in [0.15, 0.2) is 48.5 Å². The second kappa shape index (κ2) is 6.49. The summed E-state index contributed by atoms with van der Waals surface area (Å²) in [5, 5.41) is 14.2. The number of benzene rings is 2. The molecule has 0 aliphatic heterocycles. The van der Waals surface area contributed by atoms with Crippen LogP contribution in [0.1, 0.15) is 27.2 Å².